The van der Waals surface area contributed by atoms with Gasteiger partial charge in [-0.3, -0.25) is 4.21 Å². The second-order valence-electron chi connectivity index (χ2n) is 1.17. The van der Waals surface area contributed by atoms with Crippen LogP contribution in [0.25, 0.3) is 0 Å². The maximum atomic E-state index is 10.1. The molecule has 0 aliphatic rings. The van der Waals surface area contributed by atoms with Crippen LogP contribution in [-0.4, -0.2) is 21.0 Å². The van der Waals surface area contributed by atoms with Gasteiger partial charge in [-0.2, -0.15) is 0 Å². The molecule has 0 saturated heterocycles. The van der Waals surface area contributed by atoms with Crippen LogP contribution < -0.4 is 0 Å². The van der Waals surface area contributed by atoms with Gasteiger partial charge in [-0.05, 0) is 22.5 Å². The second-order valence-corrected chi connectivity index (χ2v) is 3.28. The van der Waals surface area contributed by atoms with Crippen molar-refractivity contribution < 1.29 is 13.9 Å². The Hall–Kier alpha value is -0.230. The van der Waals surface area contributed by atoms with Crippen LogP contribution in [-0.2, 0) is 11.1 Å². The number of hydrogen-bond donors (Lipinski definition) is 1. The molecule has 1 atom stereocenters. The Morgan fingerprint density at radius 1 is 1.50 bits per heavy atom. The normalized spacial score (nSPS) is 10.1. The summed E-state index contributed by atoms with van der Waals surface area (Å²) in [6.07, 6.45) is 0. The highest BCUT2D eigenvalue weighted by molar-refractivity contribution is 7.81. The van der Waals surface area contributed by atoms with E-state index in [9.17, 15) is 8.76 Å². The molecule has 72 valence electrons. The van der Waals surface area contributed by atoms with E-state index in [-0.39, 0.29) is 0 Å². The van der Waals surface area contributed by atoms with Gasteiger partial charge >= 0.3 is 0 Å². The predicted octanol–water partition coefficient (Wildman–Crippen LogP) is 1.62. The highest BCUT2D eigenvalue weighted by atomic mass is 32.2. The molecule has 1 heterocycles. The Labute approximate surface area is 79.3 Å². The molecule has 0 aromatic carbocycles. The first-order valence-electron chi connectivity index (χ1n) is 3.38. The molecule has 0 aliphatic carbocycles. The minimum Gasteiger partial charge on any atom is -0.768 e. The fraction of sp³-hybridized carbons (Fsp3) is 0.429. The molecule has 3 nitrogen and oxygen atoms in total. The van der Waals surface area contributed by atoms with Crippen molar-refractivity contribution in [1.82, 2.24) is 0 Å². The van der Waals surface area contributed by atoms with Gasteiger partial charge in [0.2, 0.25) is 0 Å². The third kappa shape index (κ3) is 6.48. The van der Waals surface area contributed by atoms with Gasteiger partial charge in [-0.15, -0.1) is 11.3 Å². The van der Waals surface area contributed by atoms with Crippen LogP contribution in [0, 0.1) is 0 Å². The van der Waals surface area contributed by atoms with E-state index in [1.165, 1.54) is 11.3 Å². The molecular weight excluding hydrogens is 196 g/mol. The smallest absolute Gasteiger partial charge is 0.0771 e. The number of aliphatic hydroxyl groups is 1. The number of aliphatic hydroxyl groups excluding tert-OH is 1. The van der Waals surface area contributed by atoms with Crippen LogP contribution in [0.5, 0.6) is 0 Å². The van der Waals surface area contributed by atoms with Gasteiger partial charge in [-0.25, -0.2) is 0 Å². The Balaban J connectivity index is 0. The summed E-state index contributed by atoms with van der Waals surface area (Å²) >= 11 is -0.811. The molecule has 1 rings (SSSR count). The SMILES string of the molecule is CC.CO.O=S([O-])c1cccs1. The van der Waals surface area contributed by atoms with E-state index >= 15 is 0 Å². The fourth-order valence-corrected chi connectivity index (χ4v) is 1.48. The highest BCUT2D eigenvalue weighted by Gasteiger charge is 1.87. The van der Waals surface area contributed by atoms with Crippen LogP contribution in [0.4, 0.5) is 0 Å². The Morgan fingerprint density at radius 3 is 2.17 bits per heavy atom. The van der Waals surface area contributed by atoms with E-state index < -0.39 is 11.1 Å². The van der Waals surface area contributed by atoms with Gasteiger partial charge < -0.3 is 9.66 Å². The van der Waals surface area contributed by atoms with Crippen molar-refractivity contribution >= 4 is 22.4 Å². The molecule has 0 saturated carbocycles. The first-order valence-corrected chi connectivity index (χ1v) is 5.33. The zero-order valence-corrected chi connectivity index (χ0v) is 8.95. The third-order valence-electron chi connectivity index (χ3n) is 0.659. The molecule has 1 aromatic rings. The van der Waals surface area contributed by atoms with Crippen LogP contribution >= 0.6 is 11.3 Å². The maximum Gasteiger partial charge on any atom is 0.0771 e. The lowest BCUT2D eigenvalue weighted by molar-refractivity contribution is 0.399. The summed E-state index contributed by atoms with van der Waals surface area (Å²) in [4.78, 5) is 0. The van der Waals surface area contributed by atoms with Gasteiger partial charge in [0, 0.05) is 7.11 Å². The van der Waals surface area contributed by atoms with Crippen molar-refractivity contribution in [3.63, 3.8) is 0 Å². The second kappa shape index (κ2) is 10.8. The molecule has 12 heavy (non-hydrogen) atoms. The monoisotopic (exact) mass is 209 g/mol. The van der Waals surface area contributed by atoms with Gasteiger partial charge in [0.1, 0.15) is 0 Å². The zero-order chi connectivity index (χ0) is 9.98. The van der Waals surface area contributed by atoms with Crippen LogP contribution in [0.2, 0.25) is 0 Å². The minimum absolute atomic E-state index is 0.394. The molecule has 1 N–H and O–H groups in total. The van der Waals surface area contributed by atoms with E-state index in [4.69, 9.17) is 5.11 Å². The summed E-state index contributed by atoms with van der Waals surface area (Å²) in [6.45, 7) is 4.00. The summed E-state index contributed by atoms with van der Waals surface area (Å²) in [5.41, 5.74) is 0. The molecule has 0 bridgehead atoms. The first kappa shape index (κ1) is 14.3. The van der Waals surface area contributed by atoms with E-state index in [0.717, 1.165) is 7.11 Å². The van der Waals surface area contributed by atoms with E-state index in [1.54, 1.807) is 17.5 Å². The van der Waals surface area contributed by atoms with Gasteiger partial charge in [0.15, 0.2) is 0 Å². The third-order valence-corrected chi connectivity index (χ3v) is 2.48. The Morgan fingerprint density at radius 2 is 2.00 bits per heavy atom. The average Bonchev–Trinajstić information content (AvgIpc) is 2.64. The molecule has 1 unspecified atom stereocenters. The summed E-state index contributed by atoms with van der Waals surface area (Å²) in [7, 11) is 1.00. The van der Waals surface area contributed by atoms with Gasteiger partial charge in [0.05, 0.1) is 4.21 Å². The Kier molecular flexibility index (Phi) is 12.8. The van der Waals surface area contributed by atoms with Crippen molar-refractivity contribution in [3.05, 3.63) is 17.5 Å². The van der Waals surface area contributed by atoms with Gasteiger partial charge in [-0.1, -0.05) is 19.9 Å². The standard InChI is InChI=1S/C4H4O2S2.C2H6.CH4O/c5-8(6)4-2-1-3-7-4;2*1-2/h1-3H,(H,5,6);1-2H3;2H,1H3/p-1. The van der Waals surface area contributed by atoms with Crippen LogP contribution in [0.1, 0.15) is 13.8 Å². The molecule has 5 heteroatoms. The van der Waals surface area contributed by atoms with Crippen molar-refractivity contribution in [2.24, 2.45) is 0 Å². The summed E-state index contributed by atoms with van der Waals surface area (Å²) in [5, 5.41) is 8.73. The lowest BCUT2D eigenvalue weighted by Gasteiger charge is -1.96. The number of thiophene rings is 1. The highest BCUT2D eigenvalue weighted by Crippen LogP contribution is 2.10. The summed E-state index contributed by atoms with van der Waals surface area (Å²) in [6, 6.07) is 3.27. The Bertz CT molecular complexity index is 185. The molecular formula is C7H13O3S2-. The summed E-state index contributed by atoms with van der Waals surface area (Å²) < 4.78 is 20.5. The number of hydrogen-bond acceptors (Lipinski definition) is 4. The maximum absolute atomic E-state index is 10.1. The molecule has 0 aliphatic heterocycles. The topological polar surface area (TPSA) is 60.4 Å². The van der Waals surface area contributed by atoms with Crippen molar-refractivity contribution in [2.75, 3.05) is 7.11 Å². The molecule has 0 fully saturated rings. The molecule has 0 amide bonds. The van der Waals surface area contributed by atoms with E-state index in [0.29, 0.717) is 4.21 Å². The van der Waals surface area contributed by atoms with Crippen molar-refractivity contribution in [2.45, 2.75) is 18.1 Å². The van der Waals surface area contributed by atoms with E-state index in [2.05, 4.69) is 0 Å². The van der Waals surface area contributed by atoms with Crippen molar-refractivity contribution in [1.29, 1.82) is 0 Å². The lowest BCUT2D eigenvalue weighted by Crippen LogP contribution is -1.80. The van der Waals surface area contributed by atoms with Gasteiger partial charge in [0.25, 0.3) is 0 Å². The average molecular weight is 209 g/mol. The largest absolute Gasteiger partial charge is 0.768 e. The molecule has 1 aromatic heterocycles. The zero-order valence-electron chi connectivity index (χ0n) is 7.31. The summed E-state index contributed by atoms with van der Waals surface area (Å²) in [5.74, 6) is 0. The lowest BCUT2D eigenvalue weighted by atomic mass is 10.7. The van der Waals surface area contributed by atoms with Crippen LogP contribution in [0.15, 0.2) is 21.7 Å². The predicted molar refractivity (Wildman–Crippen MR) is 51.0 cm³/mol. The van der Waals surface area contributed by atoms with Crippen LogP contribution in [0.3, 0.4) is 0 Å². The fourth-order valence-electron chi connectivity index (χ4n) is 0.358. The molecule has 0 radical (unpaired) electrons. The molecule has 0 spiro atoms. The first-order chi connectivity index (χ1) is 5.80. The van der Waals surface area contributed by atoms with E-state index in [1.807, 2.05) is 13.8 Å². The number of rotatable bonds is 1. The minimum atomic E-state index is -2.03. The van der Waals surface area contributed by atoms with Crippen molar-refractivity contribution in [3.8, 4) is 0 Å². The quantitative estimate of drug-likeness (QED) is 0.715.